The molecule has 2 aromatic rings. The minimum absolute atomic E-state index is 0.0345. The van der Waals surface area contributed by atoms with Crippen LogP contribution in [0.2, 0.25) is 0 Å². The van der Waals surface area contributed by atoms with E-state index >= 15 is 0 Å². The second-order valence-corrected chi connectivity index (χ2v) is 3.49. The quantitative estimate of drug-likeness (QED) is 0.870. The van der Waals surface area contributed by atoms with Crippen molar-refractivity contribution < 1.29 is 14.6 Å². The first-order valence-corrected chi connectivity index (χ1v) is 5.31. The van der Waals surface area contributed by atoms with Crippen molar-refractivity contribution in [3.05, 3.63) is 29.8 Å². The van der Waals surface area contributed by atoms with E-state index in [1.54, 1.807) is 6.07 Å². The summed E-state index contributed by atoms with van der Waals surface area (Å²) in [4.78, 5) is 12.2. The van der Waals surface area contributed by atoms with Crippen LogP contribution in [0.5, 0.6) is 12.0 Å². The number of rotatable bonds is 4. The highest BCUT2D eigenvalue weighted by molar-refractivity contribution is 5.56. The van der Waals surface area contributed by atoms with E-state index in [4.69, 9.17) is 14.6 Å². The van der Waals surface area contributed by atoms with Crippen molar-refractivity contribution in [2.45, 2.75) is 6.61 Å². The van der Waals surface area contributed by atoms with Gasteiger partial charge in [0.2, 0.25) is 0 Å². The molecule has 0 aliphatic carbocycles. The molecule has 6 heteroatoms. The van der Waals surface area contributed by atoms with Gasteiger partial charge in [0.25, 0.3) is 0 Å². The number of ether oxygens (including phenoxy) is 2. The van der Waals surface area contributed by atoms with E-state index in [-0.39, 0.29) is 18.6 Å². The van der Waals surface area contributed by atoms with Gasteiger partial charge in [-0.3, -0.25) is 0 Å². The van der Waals surface area contributed by atoms with Crippen LogP contribution in [0.4, 0.5) is 0 Å². The average molecular weight is 247 g/mol. The van der Waals surface area contributed by atoms with E-state index < -0.39 is 0 Å². The number of hydrogen-bond acceptors (Lipinski definition) is 6. The number of aliphatic hydroxyl groups excluding tert-OH is 1. The summed E-state index contributed by atoms with van der Waals surface area (Å²) in [5.41, 5.74) is 1.55. The van der Waals surface area contributed by atoms with Crippen LogP contribution in [0.25, 0.3) is 11.4 Å². The highest BCUT2D eigenvalue weighted by Gasteiger charge is 2.09. The Hall–Kier alpha value is -2.21. The van der Waals surface area contributed by atoms with Crippen molar-refractivity contribution >= 4 is 0 Å². The summed E-state index contributed by atoms with van der Waals surface area (Å²) in [7, 11) is 2.95. The molecule has 0 radical (unpaired) electrons. The molecule has 0 spiro atoms. The summed E-state index contributed by atoms with van der Waals surface area (Å²) in [6.45, 7) is -0.0345. The molecule has 0 atom stereocenters. The van der Waals surface area contributed by atoms with Crippen LogP contribution >= 0.6 is 0 Å². The lowest BCUT2D eigenvalue weighted by Crippen LogP contribution is -2.01. The summed E-state index contributed by atoms with van der Waals surface area (Å²) in [6.07, 6.45) is 0. The molecule has 0 bridgehead atoms. The van der Waals surface area contributed by atoms with Gasteiger partial charge >= 0.3 is 12.0 Å². The Kier molecular flexibility index (Phi) is 3.69. The predicted octanol–water partition coefficient (Wildman–Crippen LogP) is 1.05. The summed E-state index contributed by atoms with van der Waals surface area (Å²) in [5, 5.41) is 9.11. The number of methoxy groups -OCH3 is 2. The van der Waals surface area contributed by atoms with Gasteiger partial charge in [-0.2, -0.15) is 9.97 Å². The molecule has 94 valence electrons. The Balaban J connectivity index is 2.48. The molecule has 1 heterocycles. The van der Waals surface area contributed by atoms with Gasteiger partial charge in [-0.05, 0) is 11.6 Å². The van der Waals surface area contributed by atoms with Crippen LogP contribution < -0.4 is 9.47 Å². The molecule has 0 saturated heterocycles. The number of nitrogens with zero attached hydrogens (tertiary/aromatic N) is 3. The molecule has 0 aliphatic heterocycles. The number of aliphatic hydroxyl groups is 1. The number of benzene rings is 1. The van der Waals surface area contributed by atoms with Crippen LogP contribution in [0.1, 0.15) is 5.56 Å². The zero-order valence-electron chi connectivity index (χ0n) is 10.1. The molecule has 0 aliphatic rings. The summed E-state index contributed by atoms with van der Waals surface area (Å²) in [5.74, 6) is 0.439. The molecule has 1 aromatic heterocycles. The Bertz CT molecular complexity index is 524. The van der Waals surface area contributed by atoms with Gasteiger partial charge in [-0.15, -0.1) is 4.98 Å². The van der Waals surface area contributed by atoms with Crippen molar-refractivity contribution in [1.82, 2.24) is 15.0 Å². The summed E-state index contributed by atoms with van der Waals surface area (Å²) in [6, 6.07) is 7.65. The number of hydrogen-bond donors (Lipinski definition) is 1. The fraction of sp³-hybridized carbons (Fsp3) is 0.250. The zero-order valence-corrected chi connectivity index (χ0v) is 10.1. The smallest absolute Gasteiger partial charge is 0.322 e. The van der Waals surface area contributed by atoms with E-state index in [2.05, 4.69) is 15.0 Å². The maximum Gasteiger partial charge on any atom is 0.322 e. The fourth-order valence-electron chi connectivity index (χ4n) is 1.46. The van der Waals surface area contributed by atoms with Gasteiger partial charge in [0.15, 0.2) is 5.82 Å². The third kappa shape index (κ3) is 2.54. The minimum atomic E-state index is -0.0345. The molecule has 1 aromatic carbocycles. The Morgan fingerprint density at radius 2 is 1.72 bits per heavy atom. The van der Waals surface area contributed by atoms with Crippen LogP contribution in [-0.4, -0.2) is 34.3 Å². The molecular weight excluding hydrogens is 234 g/mol. The molecule has 1 N–H and O–H groups in total. The highest BCUT2D eigenvalue weighted by atomic mass is 16.5. The number of aromatic nitrogens is 3. The monoisotopic (exact) mass is 247 g/mol. The van der Waals surface area contributed by atoms with Gasteiger partial charge in [0.1, 0.15) is 0 Å². The maximum atomic E-state index is 9.11. The normalized spacial score (nSPS) is 10.2. The fourth-order valence-corrected chi connectivity index (χ4v) is 1.46. The molecule has 6 nitrogen and oxygen atoms in total. The van der Waals surface area contributed by atoms with Gasteiger partial charge in [-0.1, -0.05) is 18.2 Å². The molecule has 2 rings (SSSR count). The summed E-state index contributed by atoms with van der Waals surface area (Å²) >= 11 is 0. The second kappa shape index (κ2) is 5.42. The molecule has 0 fully saturated rings. The van der Waals surface area contributed by atoms with Gasteiger partial charge in [-0.25, -0.2) is 0 Å². The Labute approximate surface area is 104 Å². The third-order valence-corrected chi connectivity index (χ3v) is 2.33. The molecule has 0 saturated carbocycles. The van der Waals surface area contributed by atoms with Crippen LogP contribution in [-0.2, 0) is 6.61 Å². The first-order valence-electron chi connectivity index (χ1n) is 5.31. The van der Waals surface area contributed by atoms with E-state index in [1.165, 1.54) is 14.2 Å². The van der Waals surface area contributed by atoms with Crippen molar-refractivity contribution in [3.8, 4) is 23.4 Å². The Morgan fingerprint density at radius 3 is 2.28 bits per heavy atom. The van der Waals surface area contributed by atoms with E-state index in [9.17, 15) is 0 Å². The minimum Gasteiger partial charge on any atom is -0.467 e. The lowest BCUT2D eigenvalue weighted by atomic mass is 10.1. The highest BCUT2D eigenvalue weighted by Crippen LogP contribution is 2.20. The van der Waals surface area contributed by atoms with Crippen molar-refractivity contribution in [2.75, 3.05) is 14.2 Å². The van der Waals surface area contributed by atoms with Crippen LogP contribution in [0, 0.1) is 0 Å². The second-order valence-electron chi connectivity index (χ2n) is 3.49. The molecule has 0 amide bonds. The van der Waals surface area contributed by atoms with Crippen LogP contribution in [0.15, 0.2) is 24.3 Å². The third-order valence-electron chi connectivity index (χ3n) is 2.33. The predicted molar refractivity (Wildman–Crippen MR) is 64.3 cm³/mol. The van der Waals surface area contributed by atoms with Crippen molar-refractivity contribution in [1.29, 1.82) is 0 Å². The van der Waals surface area contributed by atoms with E-state index in [0.717, 1.165) is 11.1 Å². The SMILES string of the molecule is COc1nc(OC)nc(-c2cccc(CO)c2)n1. The van der Waals surface area contributed by atoms with E-state index in [1.807, 2.05) is 18.2 Å². The van der Waals surface area contributed by atoms with Crippen molar-refractivity contribution in [2.24, 2.45) is 0 Å². The topological polar surface area (TPSA) is 77.4 Å². The first kappa shape index (κ1) is 12.3. The summed E-state index contributed by atoms with van der Waals surface area (Å²) < 4.78 is 9.97. The lowest BCUT2D eigenvalue weighted by molar-refractivity contribution is 0.282. The zero-order chi connectivity index (χ0) is 13.0. The largest absolute Gasteiger partial charge is 0.467 e. The Morgan fingerprint density at radius 1 is 1.06 bits per heavy atom. The average Bonchev–Trinajstić information content (AvgIpc) is 2.46. The van der Waals surface area contributed by atoms with E-state index in [0.29, 0.717) is 5.82 Å². The van der Waals surface area contributed by atoms with Gasteiger partial charge in [0, 0.05) is 5.56 Å². The molecular formula is C12H13N3O3. The first-order chi connectivity index (χ1) is 8.76. The maximum absolute atomic E-state index is 9.11. The van der Waals surface area contributed by atoms with Gasteiger partial charge < -0.3 is 14.6 Å². The lowest BCUT2D eigenvalue weighted by Gasteiger charge is -2.06. The van der Waals surface area contributed by atoms with Gasteiger partial charge in [0.05, 0.1) is 20.8 Å². The van der Waals surface area contributed by atoms with Crippen LogP contribution in [0.3, 0.4) is 0 Å². The molecule has 0 unspecified atom stereocenters. The molecule has 18 heavy (non-hydrogen) atoms. The van der Waals surface area contributed by atoms with Crippen molar-refractivity contribution in [3.63, 3.8) is 0 Å². The standard InChI is InChI=1S/C12H13N3O3/c1-17-11-13-10(14-12(15-11)18-2)9-5-3-4-8(6-9)7-16/h3-6,16H,7H2,1-2H3.